The summed E-state index contributed by atoms with van der Waals surface area (Å²) in [7, 11) is 1.36. The van der Waals surface area contributed by atoms with E-state index in [1.54, 1.807) is 0 Å². The van der Waals surface area contributed by atoms with Gasteiger partial charge in [-0.3, -0.25) is 0 Å². The van der Waals surface area contributed by atoms with Gasteiger partial charge in [-0.1, -0.05) is 0 Å². The van der Waals surface area contributed by atoms with Gasteiger partial charge in [0, 0.05) is 7.05 Å². The Morgan fingerprint density at radius 3 is 2.77 bits per heavy atom. The van der Waals surface area contributed by atoms with E-state index >= 15 is 0 Å². The van der Waals surface area contributed by atoms with Crippen LogP contribution < -0.4 is 0 Å². The molecule has 0 aliphatic carbocycles. The molecule has 0 aromatic carbocycles. The lowest BCUT2D eigenvalue weighted by molar-refractivity contribution is -0.140. The van der Waals surface area contributed by atoms with Crippen molar-refractivity contribution in [2.45, 2.75) is 6.18 Å². The van der Waals surface area contributed by atoms with Gasteiger partial charge in [0.1, 0.15) is 0 Å². The number of hydrogen-bond donors (Lipinski definition) is 0. The van der Waals surface area contributed by atoms with Gasteiger partial charge >= 0.3 is 6.18 Å². The molecule has 0 N–H and O–H groups in total. The third kappa shape index (κ3) is 1.07. The molecule has 0 unspecified atom stereocenters. The quantitative estimate of drug-likeness (QED) is 0.634. The molecule has 70 valence electrons. The first-order valence-electron chi connectivity index (χ1n) is 3.33. The summed E-state index contributed by atoms with van der Waals surface area (Å²) in [6, 6.07) is 0. The van der Waals surface area contributed by atoms with Crippen LogP contribution in [0.5, 0.6) is 0 Å². The Kier molecular flexibility index (Phi) is 1.39. The van der Waals surface area contributed by atoms with Crippen molar-refractivity contribution in [3.05, 3.63) is 12.1 Å². The van der Waals surface area contributed by atoms with E-state index in [0.717, 1.165) is 11.1 Å². The molecule has 0 spiro atoms. The average Bonchev–Trinajstić information content (AvgIpc) is 2.51. The maximum atomic E-state index is 12.3. The first kappa shape index (κ1) is 8.09. The molecule has 2 rings (SSSR count). The van der Waals surface area contributed by atoms with Crippen LogP contribution in [0.1, 0.15) is 5.69 Å². The van der Waals surface area contributed by atoms with Gasteiger partial charge in [-0.05, 0) is 0 Å². The molecular weight excluding hydrogens is 187 g/mol. The van der Waals surface area contributed by atoms with E-state index in [1.807, 2.05) is 0 Å². The van der Waals surface area contributed by atoms with Crippen molar-refractivity contribution in [2.24, 2.45) is 7.05 Å². The molecule has 0 bridgehead atoms. The number of aryl methyl sites for hydroxylation is 1. The average molecular weight is 191 g/mol. The largest absolute Gasteiger partial charge is 0.437 e. The second kappa shape index (κ2) is 2.24. The predicted octanol–water partition coefficient (Wildman–Crippen LogP) is 1.58. The van der Waals surface area contributed by atoms with Crippen LogP contribution in [0.3, 0.4) is 0 Å². The fraction of sp³-hybridized carbons (Fsp3) is 0.333. The second-order valence-corrected chi connectivity index (χ2v) is 2.48. The van der Waals surface area contributed by atoms with Crippen LogP contribution in [0.25, 0.3) is 11.2 Å². The lowest BCUT2D eigenvalue weighted by Gasteiger charge is -1.99. The first-order valence-corrected chi connectivity index (χ1v) is 3.33. The highest BCUT2D eigenvalue weighted by atomic mass is 19.4. The van der Waals surface area contributed by atoms with E-state index in [1.165, 1.54) is 7.05 Å². The summed E-state index contributed by atoms with van der Waals surface area (Å²) >= 11 is 0. The van der Waals surface area contributed by atoms with Crippen molar-refractivity contribution in [1.82, 2.24) is 14.8 Å². The van der Waals surface area contributed by atoms with Gasteiger partial charge in [0.25, 0.3) is 0 Å². The number of halogens is 3. The van der Waals surface area contributed by atoms with E-state index in [0.29, 0.717) is 0 Å². The molecular formula is C6H4F3N3O. The third-order valence-electron chi connectivity index (χ3n) is 1.59. The van der Waals surface area contributed by atoms with Crippen LogP contribution in [-0.4, -0.2) is 14.8 Å². The Morgan fingerprint density at radius 2 is 2.15 bits per heavy atom. The number of rotatable bonds is 0. The van der Waals surface area contributed by atoms with Gasteiger partial charge in [0.05, 0.1) is 0 Å². The lowest BCUT2D eigenvalue weighted by Crippen LogP contribution is -2.07. The van der Waals surface area contributed by atoms with Gasteiger partial charge < -0.3 is 4.42 Å². The van der Waals surface area contributed by atoms with E-state index in [4.69, 9.17) is 4.42 Å². The maximum absolute atomic E-state index is 12.3. The highest BCUT2D eigenvalue weighted by molar-refractivity contribution is 5.72. The van der Waals surface area contributed by atoms with Crippen molar-refractivity contribution >= 4 is 11.2 Å². The van der Waals surface area contributed by atoms with Crippen molar-refractivity contribution < 1.29 is 17.6 Å². The van der Waals surface area contributed by atoms with E-state index < -0.39 is 11.9 Å². The minimum atomic E-state index is -4.49. The standard InChI is InChI=1S/C6H4F3N3O/c1-12-5-3(10-2-13-5)4(11-12)6(7,8)9/h2H,1H3. The molecule has 0 saturated carbocycles. The molecule has 13 heavy (non-hydrogen) atoms. The van der Waals surface area contributed by atoms with Crippen LogP contribution in [0.4, 0.5) is 13.2 Å². The van der Waals surface area contributed by atoms with Crippen LogP contribution >= 0.6 is 0 Å². The predicted molar refractivity (Wildman–Crippen MR) is 35.8 cm³/mol. The van der Waals surface area contributed by atoms with Crippen LogP contribution in [0.2, 0.25) is 0 Å². The number of nitrogens with zero attached hydrogens (tertiary/aromatic N) is 3. The molecule has 0 radical (unpaired) electrons. The number of hydrogen-bond acceptors (Lipinski definition) is 3. The molecule has 0 aliphatic rings. The molecule has 2 heterocycles. The topological polar surface area (TPSA) is 43.9 Å². The number of alkyl halides is 3. The van der Waals surface area contributed by atoms with Gasteiger partial charge in [-0.15, -0.1) is 0 Å². The van der Waals surface area contributed by atoms with E-state index in [9.17, 15) is 13.2 Å². The van der Waals surface area contributed by atoms with Crippen LogP contribution in [-0.2, 0) is 13.2 Å². The molecule has 4 nitrogen and oxygen atoms in total. The molecule has 0 aliphatic heterocycles. The molecule has 2 aromatic heterocycles. The lowest BCUT2D eigenvalue weighted by atomic mass is 10.4. The molecule has 0 atom stereocenters. The second-order valence-electron chi connectivity index (χ2n) is 2.48. The fourth-order valence-corrected chi connectivity index (χ4v) is 1.07. The molecule has 7 heteroatoms. The summed E-state index contributed by atoms with van der Waals surface area (Å²) in [6.45, 7) is 0. The van der Waals surface area contributed by atoms with Gasteiger partial charge in [0.15, 0.2) is 17.6 Å². The smallest absolute Gasteiger partial charge is 0.425 e. The summed E-state index contributed by atoms with van der Waals surface area (Å²) in [5, 5.41) is 3.26. The van der Waals surface area contributed by atoms with E-state index in [-0.39, 0.29) is 11.2 Å². The summed E-state index contributed by atoms with van der Waals surface area (Å²) in [5.74, 6) is 0. The van der Waals surface area contributed by atoms with Crippen LogP contribution in [0, 0.1) is 0 Å². The monoisotopic (exact) mass is 191 g/mol. The SMILES string of the molecule is Cn1nc(C(F)(F)F)c2ncoc21. The van der Waals surface area contributed by atoms with Crippen molar-refractivity contribution in [3.8, 4) is 0 Å². The van der Waals surface area contributed by atoms with Crippen molar-refractivity contribution in [3.63, 3.8) is 0 Å². The fourth-order valence-electron chi connectivity index (χ4n) is 1.07. The van der Waals surface area contributed by atoms with Crippen LogP contribution in [0.15, 0.2) is 10.8 Å². The van der Waals surface area contributed by atoms with Gasteiger partial charge in [-0.25, -0.2) is 9.67 Å². The summed E-state index contributed by atoms with van der Waals surface area (Å²) in [5.41, 5.74) is -1.25. The number of oxazole rings is 1. The number of aromatic nitrogens is 3. The Balaban J connectivity index is 2.76. The third-order valence-corrected chi connectivity index (χ3v) is 1.59. The number of fused-ring (bicyclic) bond motifs is 1. The molecule has 0 amide bonds. The zero-order valence-electron chi connectivity index (χ0n) is 6.46. The highest BCUT2D eigenvalue weighted by Gasteiger charge is 2.38. The first-order chi connectivity index (χ1) is 6.00. The molecule has 0 fully saturated rings. The van der Waals surface area contributed by atoms with Gasteiger partial charge in [-0.2, -0.15) is 18.3 Å². The Labute approximate surface area is 70.0 Å². The summed E-state index contributed by atoms with van der Waals surface area (Å²) < 4.78 is 42.5. The summed E-state index contributed by atoms with van der Waals surface area (Å²) in [6.07, 6.45) is -3.53. The van der Waals surface area contributed by atoms with E-state index in [2.05, 4.69) is 10.1 Å². The maximum Gasteiger partial charge on any atom is 0.437 e. The highest BCUT2D eigenvalue weighted by Crippen LogP contribution is 2.32. The minimum absolute atomic E-state index is 0.0207. The normalized spacial score (nSPS) is 12.6. The Hall–Kier alpha value is -1.53. The van der Waals surface area contributed by atoms with Crippen molar-refractivity contribution in [1.29, 1.82) is 0 Å². The van der Waals surface area contributed by atoms with Gasteiger partial charge in [0.2, 0.25) is 5.71 Å². The summed E-state index contributed by atoms with van der Waals surface area (Å²) in [4.78, 5) is 3.44. The Bertz CT molecular complexity index is 441. The Morgan fingerprint density at radius 1 is 1.46 bits per heavy atom. The minimum Gasteiger partial charge on any atom is -0.425 e. The van der Waals surface area contributed by atoms with Crippen molar-refractivity contribution in [2.75, 3.05) is 0 Å². The molecule has 0 saturated heterocycles. The zero-order chi connectivity index (χ0) is 9.64. The zero-order valence-corrected chi connectivity index (χ0v) is 6.46. The molecule has 2 aromatic rings.